The highest BCUT2D eigenvalue weighted by atomic mass is 19.4. The van der Waals surface area contributed by atoms with Crippen molar-refractivity contribution < 1.29 is 32.6 Å². The van der Waals surface area contributed by atoms with Crippen LogP contribution in [0.25, 0.3) is 5.76 Å². The Bertz CT molecular complexity index is 1360. The minimum Gasteiger partial charge on any atom is -0.507 e. The highest BCUT2D eigenvalue weighted by Gasteiger charge is 2.47. The number of aryl methyl sites for hydroxylation is 2. The van der Waals surface area contributed by atoms with Gasteiger partial charge >= 0.3 is 6.18 Å². The molecule has 4 rings (SSSR count). The summed E-state index contributed by atoms with van der Waals surface area (Å²) in [4.78, 5) is 27.4. The zero-order chi connectivity index (χ0) is 25.5. The van der Waals surface area contributed by atoms with Gasteiger partial charge in [0.25, 0.3) is 11.7 Å². The Morgan fingerprint density at radius 1 is 0.943 bits per heavy atom. The maximum absolute atomic E-state index is 13.4. The van der Waals surface area contributed by atoms with Crippen LogP contribution in [0, 0.1) is 13.8 Å². The van der Waals surface area contributed by atoms with Crippen LogP contribution in [0.1, 0.15) is 33.9 Å². The van der Waals surface area contributed by atoms with Crippen LogP contribution in [-0.2, 0) is 15.8 Å². The number of benzene rings is 3. The number of halogens is 3. The third-order valence-corrected chi connectivity index (χ3v) is 6.09. The number of ketones is 1. The Labute approximate surface area is 200 Å². The van der Waals surface area contributed by atoms with Gasteiger partial charge in [0, 0.05) is 11.3 Å². The van der Waals surface area contributed by atoms with Gasteiger partial charge in [0.15, 0.2) is 0 Å². The van der Waals surface area contributed by atoms with E-state index in [0.29, 0.717) is 16.9 Å². The lowest BCUT2D eigenvalue weighted by molar-refractivity contribution is -0.137. The second-order valence-electron chi connectivity index (χ2n) is 8.29. The smallest absolute Gasteiger partial charge is 0.416 e. The number of alkyl halides is 3. The van der Waals surface area contributed by atoms with E-state index in [4.69, 9.17) is 4.74 Å². The van der Waals surface area contributed by atoms with Crippen LogP contribution in [0.2, 0.25) is 0 Å². The van der Waals surface area contributed by atoms with E-state index >= 15 is 0 Å². The summed E-state index contributed by atoms with van der Waals surface area (Å²) < 4.78 is 45.5. The molecule has 0 radical (unpaired) electrons. The molecule has 35 heavy (non-hydrogen) atoms. The van der Waals surface area contributed by atoms with Crippen molar-refractivity contribution >= 4 is 23.1 Å². The van der Waals surface area contributed by atoms with Crippen LogP contribution >= 0.6 is 0 Å². The van der Waals surface area contributed by atoms with E-state index in [1.54, 1.807) is 42.5 Å². The molecular weight excluding hydrogens is 459 g/mol. The van der Waals surface area contributed by atoms with Crippen molar-refractivity contribution in [1.82, 2.24) is 0 Å². The van der Waals surface area contributed by atoms with Crippen molar-refractivity contribution in [3.63, 3.8) is 0 Å². The third-order valence-electron chi connectivity index (χ3n) is 6.09. The van der Waals surface area contributed by atoms with E-state index in [9.17, 15) is 27.9 Å². The number of ether oxygens (including phenoxy) is 1. The van der Waals surface area contributed by atoms with Gasteiger partial charge < -0.3 is 9.84 Å². The lowest BCUT2D eigenvalue weighted by Gasteiger charge is -2.26. The molecule has 180 valence electrons. The monoisotopic (exact) mass is 481 g/mol. The molecule has 1 fully saturated rings. The van der Waals surface area contributed by atoms with Crippen molar-refractivity contribution in [2.45, 2.75) is 26.1 Å². The molecule has 1 aliphatic heterocycles. The normalized spacial score (nSPS) is 17.7. The Morgan fingerprint density at radius 3 is 2.31 bits per heavy atom. The van der Waals surface area contributed by atoms with Crippen molar-refractivity contribution in [2.24, 2.45) is 0 Å². The van der Waals surface area contributed by atoms with Crippen LogP contribution in [0.5, 0.6) is 5.75 Å². The second kappa shape index (κ2) is 8.94. The van der Waals surface area contributed by atoms with E-state index in [1.165, 1.54) is 19.2 Å². The fourth-order valence-corrected chi connectivity index (χ4v) is 4.10. The van der Waals surface area contributed by atoms with Crippen LogP contribution in [0.3, 0.4) is 0 Å². The number of carbonyl (C=O) groups is 2. The number of nitrogens with zero attached hydrogens (tertiary/aromatic N) is 1. The van der Waals surface area contributed by atoms with Gasteiger partial charge in [-0.2, -0.15) is 13.2 Å². The average Bonchev–Trinajstić information content (AvgIpc) is 3.10. The molecule has 1 atom stereocenters. The second-order valence-corrected chi connectivity index (χ2v) is 8.29. The first kappa shape index (κ1) is 24.1. The maximum atomic E-state index is 13.4. The molecule has 1 saturated heterocycles. The van der Waals surface area contributed by atoms with Gasteiger partial charge in [-0.3, -0.25) is 14.5 Å². The molecule has 0 spiro atoms. The number of amides is 1. The van der Waals surface area contributed by atoms with Crippen molar-refractivity contribution in [1.29, 1.82) is 0 Å². The SMILES string of the molecule is COc1cccc(C2/C(=C(\O)c3ccc(C)c(C)c3)C(=O)C(=O)N2c2cccc(C(F)(F)F)c2)c1. The van der Waals surface area contributed by atoms with Gasteiger partial charge in [0.05, 0.1) is 24.3 Å². The van der Waals surface area contributed by atoms with E-state index in [2.05, 4.69) is 0 Å². The number of aliphatic hydroxyl groups is 1. The number of carbonyl (C=O) groups excluding carboxylic acids is 2. The number of Topliss-reactive ketones (excluding diaryl/α,β-unsaturated/α-hetero) is 1. The minimum atomic E-state index is -4.64. The highest BCUT2D eigenvalue weighted by molar-refractivity contribution is 6.51. The van der Waals surface area contributed by atoms with Crippen molar-refractivity contribution in [3.05, 3.63) is 100 Å². The van der Waals surface area contributed by atoms with E-state index in [-0.39, 0.29) is 11.3 Å². The van der Waals surface area contributed by atoms with Crippen LogP contribution < -0.4 is 9.64 Å². The molecule has 3 aromatic carbocycles. The molecule has 1 unspecified atom stereocenters. The highest BCUT2D eigenvalue weighted by Crippen LogP contribution is 2.44. The number of aliphatic hydroxyl groups excluding tert-OH is 1. The van der Waals surface area contributed by atoms with Crippen molar-refractivity contribution in [2.75, 3.05) is 12.0 Å². The summed E-state index contributed by atoms with van der Waals surface area (Å²) in [5, 5.41) is 11.2. The molecule has 1 N–H and O–H groups in total. The van der Waals surface area contributed by atoms with Gasteiger partial charge in [0.1, 0.15) is 11.5 Å². The molecule has 1 amide bonds. The third kappa shape index (κ3) is 4.39. The van der Waals surface area contributed by atoms with Gasteiger partial charge in [-0.05, 0) is 66.9 Å². The van der Waals surface area contributed by atoms with Crippen LogP contribution in [0.4, 0.5) is 18.9 Å². The molecule has 1 heterocycles. The number of rotatable bonds is 4. The summed E-state index contributed by atoms with van der Waals surface area (Å²) in [5.41, 5.74) is 1.25. The average molecular weight is 481 g/mol. The molecule has 8 heteroatoms. The fraction of sp³-hybridized carbons (Fsp3) is 0.185. The van der Waals surface area contributed by atoms with Gasteiger partial charge in [-0.15, -0.1) is 0 Å². The first-order valence-electron chi connectivity index (χ1n) is 10.7. The van der Waals surface area contributed by atoms with Crippen LogP contribution in [-0.4, -0.2) is 23.9 Å². The Hall–Kier alpha value is -4.07. The fourth-order valence-electron chi connectivity index (χ4n) is 4.10. The zero-order valence-corrected chi connectivity index (χ0v) is 19.2. The number of hydrogen-bond acceptors (Lipinski definition) is 4. The predicted molar refractivity (Wildman–Crippen MR) is 125 cm³/mol. The summed E-state index contributed by atoms with van der Waals surface area (Å²) in [6.45, 7) is 3.73. The Balaban J connectivity index is 1.97. The number of anilines is 1. The summed E-state index contributed by atoms with van der Waals surface area (Å²) in [6.07, 6.45) is -4.64. The summed E-state index contributed by atoms with van der Waals surface area (Å²) in [5.74, 6) is -2.02. The van der Waals surface area contributed by atoms with Crippen LogP contribution in [0.15, 0.2) is 72.3 Å². The first-order valence-corrected chi connectivity index (χ1v) is 10.7. The first-order chi connectivity index (χ1) is 16.5. The minimum absolute atomic E-state index is 0.117. The molecule has 0 bridgehead atoms. The van der Waals surface area contributed by atoms with Gasteiger partial charge in [-0.25, -0.2) is 0 Å². The summed E-state index contributed by atoms with van der Waals surface area (Å²) >= 11 is 0. The molecule has 5 nitrogen and oxygen atoms in total. The number of hydrogen-bond donors (Lipinski definition) is 1. The number of methoxy groups -OCH3 is 1. The maximum Gasteiger partial charge on any atom is 0.416 e. The summed E-state index contributed by atoms with van der Waals surface area (Å²) in [7, 11) is 1.44. The summed E-state index contributed by atoms with van der Waals surface area (Å²) in [6, 6.07) is 14.6. The molecule has 0 aliphatic carbocycles. The molecule has 0 aromatic heterocycles. The lowest BCUT2D eigenvalue weighted by atomic mass is 9.94. The van der Waals surface area contributed by atoms with Gasteiger partial charge in [0.2, 0.25) is 0 Å². The van der Waals surface area contributed by atoms with E-state index in [0.717, 1.165) is 28.2 Å². The zero-order valence-electron chi connectivity index (χ0n) is 19.2. The predicted octanol–water partition coefficient (Wildman–Crippen LogP) is 5.96. The lowest BCUT2D eigenvalue weighted by Crippen LogP contribution is -2.29. The van der Waals surface area contributed by atoms with Gasteiger partial charge in [-0.1, -0.05) is 30.3 Å². The molecule has 1 aliphatic rings. The van der Waals surface area contributed by atoms with Crippen molar-refractivity contribution in [3.8, 4) is 5.75 Å². The topological polar surface area (TPSA) is 66.8 Å². The molecule has 0 saturated carbocycles. The van der Waals surface area contributed by atoms with E-state index in [1.807, 2.05) is 13.8 Å². The Kier molecular flexibility index (Phi) is 6.15. The van der Waals surface area contributed by atoms with E-state index < -0.39 is 35.2 Å². The molecule has 3 aromatic rings. The standard InChI is InChI=1S/C27H22F3NO4/c1-15-10-11-18(12-16(15)2)24(32)22-23(17-6-4-9-21(13-17)35-3)31(26(34)25(22)33)20-8-5-7-19(14-20)27(28,29)30/h4-14,23,32H,1-3H3/b24-22+. The quantitative estimate of drug-likeness (QED) is 0.284. The largest absolute Gasteiger partial charge is 0.507 e. The molecular formula is C27H22F3NO4. The Morgan fingerprint density at radius 2 is 1.66 bits per heavy atom.